The lowest BCUT2D eigenvalue weighted by Gasteiger charge is -2.34. The zero-order valence-corrected chi connectivity index (χ0v) is 13.3. The van der Waals surface area contributed by atoms with Crippen molar-refractivity contribution in [3.63, 3.8) is 0 Å². The number of piperidine rings is 1. The quantitative estimate of drug-likeness (QED) is 0.790. The van der Waals surface area contributed by atoms with E-state index in [1.54, 1.807) is 0 Å². The first-order valence-corrected chi connectivity index (χ1v) is 8.21. The highest BCUT2D eigenvalue weighted by Crippen LogP contribution is 2.24. The van der Waals surface area contributed by atoms with Crippen molar-refractivity contribution in [2.45, 2.75) is 39.5 Å². The number of carbonyl (C=O) groups excluding carboxylic acids is 2. The summed E-state index contributed by atoms with van der Waals surface area (Å²) in [5.41, 5.74) is 0. The highest BCUT2D eigenvalue weighted by Gasteiger charge is 2.25. The number of morpholine rings is 1. The van der Waals surface area contributed by atoms with Gasteiger partial charge in [-0.1, -0.05) is 13.8 Å². The van der Waals surface area contributed by atoms with Crippen LogP contribution in [-0.4, -0.2) is 61.0 Å². The third kappa shape index (κ3) is 4.70. The second-order valence-electron chi connectivity index (χ2n) is 6.46. The molecule has 0 saturated carbocycles. The lowest BCUT2D eigenvalue weighted by Crippen LogP contribution is -2.42. The van der Waals surface area contributed by atoms with Crippen molar-refractivity contribution in [1.82, 2.24) is 9.80 Å². The number of nitrogens with zero attached hydrogens (tertiary/aromatic N) is 2. The maximum absolute atomic E-state index is 12.2. The number of hydrogen-bond acceptors (Lipinski definition) is 3. The Kier molecular flexibility index (Phi) is 6.03. The van der Waals surface area contributed by atoms with E-state index >= 15 is 0 Å². The lowest BCUT2D eigenvalue weighted by molar-refractivity contribution is -0.140. The highest BCUT2D eigenvalue weighted by atomic mass is 16.5. The van der Waals surface area contributed by atoms with Crippen molar-refractivity contribution in [3.05, 3.63) is 0 Å². The van der Waals surface area contributed by atoms with Crippen LogP contribution in [0.2, 0.25) is 0 Å². The summed E-state index contributed by atoms with van der Waals surface area (Å²) in [4.78, 5) is 28.0. The van der Waals surface area contributed by atoms with E-state index in [1.807, 2.05) is 9.80 Å². The first kappa shape index (κ1) is 16.3. The monoisotopic (exact) mass is 296 g/mol. The molecule has 2 rings (SSSR count). The van der Waals surface area contributed by atoms with E-state index in [-0.39, 0.29) is 11.8 Å². The SMILES string of the molecule is CC(C)C1CCN(C(=O)CCC(=O)N2CCOCC2)CC1. The maximum Gasteiger partial charge on any atom is 0.223 e. The average molecular weight is 296 g/mol. The van der Waals surface area contributed by atoms with Crippen LogP contribution in [0.15, 0.2) is 0 Å². The van der Waals surface area contributed by atoms with Crippen LogP contribution in [0.5, 0.6) is 0 Å². The molecule has 0 aromatic carbocycles. The number of carbonyl (C=O) groups is 2. The fourth-order valence-electron chi connectivity index (χ4n) is 3.16. The van der Waals surface area contributed by atoms with Gasteiger partial charge in [0.2, 0.25) is 11.8 Å². The Morgan fingerprint density at radius 1 is 0.952 bits per heavy atom. The summed E-state index contributed by atoms with van der Waals surface area (Å²) < 4.78 is 5.23. The molecular weight excluding hydrogens is 268 g/mol. The standard InChI is InChI=1S/C16H28N2O3/c1-13(2)14-5-7-17(8-6-14)15(19)3-4-16(20)18-9-11-21-12-10-18/h13-14H,3-12H2,1-2H3. The topological polar surface area (TPSA) is 49.9 Å². The summed E-state index contributed by atoms with van der Waals surface area (Å²) in [6, 6.07) is 0. The molecule has 0 spiro atoms. The summed E-state index contributed by atoms with van der Waals surface area (Å²) in [7, 11) is 0. The summed E-state index contributed by atoms with van der Waals surface area (Å²) in [6.07, 6.45) is 2.88. The molecule has 0 unspecified atom stereocenters. The molecule has 0 bridgehead atoms. The summed E-state index contributed by atoms with van der Waals surface area (Å²) in [6.45, 7) is 8.76. The van der Waals surface area contributed by atoms with Gasteiger partial charge in [0, 0.05) is 39.0 Å². The largest absolute Gasteiger partial charge is 0.378 e. The van der Waals surface area contributed by atoms with Crippen LogP contribution in [0.3, 0.4) is 0 Å². The van der Waals surface area contributed by atoms with Crippen molar-refractivity contribution >= 4 is 11.8 Å². The van der Waals surface area contributed by atoms with E-state index in [2.05, 4.69) is 13.8 Å². The van der Waals surface area contributed by atoms with E-state index in [0.29, 0.717) is 45.1 Å². The molecule has 2 saturated heterocycles. The van der Waals surface area contributed by atoms with Gasteiger partial charge >= 0.3 is 0 Å². The van der Waals surface area contributed by atoms with Gasteiger partial charge in [-0.2, -0.15) is 0 Å². The molecule has 0 aromatic rings. The van der Waals surface area contributed by atoms with Crippen molar-refractivity contribution < 1.29 is 14.3 Å². The Bertz CT molecular complexity index is 357. The van der Waals surface area contributed by atoms with Gasteiger partial charge in [-0.15, -0.1) is 0 Å². The predicted molar refractivity (Wildman–Crippen MR) is 80.8 cm³/mol. The third-order valence-corrected chi connectivity index (χ3v) is 4.75. The Morgan fingerprint density at radius 2 is 1.43 bits per heavy atom. The van der Waals surface area contributed by atoms with Gasteiger partial charge in [0.05, 0.1) is 13.2 Å². The van der Waals surface area contributed by atoms with E-state index in [0.717, 1.165) is 31.8 Å². The molecule has 5 heteroatoms. The summed E-state index contributed by atoms with van der Waals surface area (Å²) in [5.74, 6) is 1.66. The minimum atomic E-state index is 0.0868. The number of rotatable bonds is 4. The molecule has 2 heterocycles. The molecular formula is C16H28N2O3. The molecule has 0 N–H and O–H groups in total. The molecule has 0 atom stereocenters. The molecule has 0 radical (unpaired) electrons. The molecule has 2 aliphatic heterocycles. The fraction of sp³-hybridized carbons (Fsp3) is 0.875. The van der Waals surface area contributed by atoms with E-state index in [4.69, 9.17) is 4.74 Å². The van der Waals surface area contributed by atoms with Crippen LogP contribution in [0, 0.1) is 11.8 Å². The van der Waals surface area contributed by atoms with Crippen LogP contribution in [0.25, 0.3) is 0 Å². The molecule has 21 heavy (non-hydrogen) atoms. The van der Waals surface area contributed by atoms with Crippen LogP contribution < -0.4 is 0 Å². The van der Waals surface area contributed by atoms with Crippen molar-refractivity contribution in [3.8, 4) is 0 Å². The lowest BCUT2D eigenvalue weighted by atomic mass is 9.86. The predicted octanol–water partition coefficient (Wildman–Crippen LogP) is 1.52. The first-order valence-electron chi connectivity index (χ1n) is 8.21. The van der Waals surface area contributed by atoms with Gasteiger partial charge in [-0.3, -0.25) is 9.59 Å². The van der Waals surface area contributed by atoms with E-state index in [9.17, 15) is 9.59 Å². The maximum atomic E-state index is 12.2. The Hall–Kier alpha value is -1.10. The number of hydrogen-bond donors (Lipinski definition) is 0. The molecule has 120 valence electrons. The second kappa shape index (κ2) is 7.78. The number of likely N-dealkylation sites (tertiary alicyclic amines) is 1. The van der Waals surface area contributed by atoms with E-state index in [1.165, 1.54) is 0 Å². The van der Waals surface area contributed by atoms with Gasteiger partial charge in [-0.05, 0) is 24.7 Å². The Labute approximate surface area is 127 Å². The minimum absolute atomic E-state index is 0.0868. The molecule has 2 amide bonds. The fourth-order valence-corrected chi connectivity index (χ4v) is 3.16. The van der Waals surface area contributed by atoms with Crippen molar-refractivity contribution in [1.29, 1.82) is 0 Å². The Morgan fingerprint density at radius 3 is 1.90 bits per heavy atom. The minimum Gasteiger partial charge on any atom is -0.378 e. The number of ether oxygens (including phenoxy) is 1. The van der Waals surface area contributed by atoms with Gasteiger partial charge in [0.15, 0.2) is 0 Å². The van der Waals surface area contributed by atoms with Gasteiger partial charge in [0.1, 0.15) is 0 Å². The first-order chi connectivity index (χ1) is 10.1. The molecule has 2 aliphatic rings. The molecule has 2 fully saturated rings. The zero-order chi connectivity index (χ0) is 15.2. The van der Waals surface area contributed by atoms with Crippen LogP contribution in [0.1, 0.15) is 39.5 Å². The van der Waals surface area contributed by atoms with Crippen molar-refractivity contribution in [2.75, 3.05) is 39.4 Å². The van der Waals surface area contributed by atoms with Gasteiger partial charge < -0.3 is 14.5 Å². The van der Waals surface area contributed by atoms with Crippen LogP contribution in [0.4, 0.5) is 0 Å². The number of amides is 2. The molecule has 0 aromatic heterocycles. The van der Waals surface area contributed by atoms with E-state index < -0.39 is 0 Å². The average Bonchev–Trinajstić information content (AvgIpc) is 2.53. The highest BCUT2D eigenvalue weighted by molar-refractivity contribution is 5.83. The van der Waals surface area contributed by atoms with Crippen LogP contribution >= 0.6 is 0 Å². The zero-order valence-electron chi connectivity index (χ0n) is 13.3. The van der Waals surface area contributed by atoms with Gasteiger partial charge in [-0.25, -0.2) is 0 Å². The van der Waals surface area contributed by atoms with Gasteiger partial charge in [0.25, 0.3) is 0 Å². The van der Waals surface area contributed by atoms with Crippen LogP contribution in [-0.2, 0) is 14.3 Å². The van der Waals surface area contributed by atoms with Crippen molar-refractivity contribution in [2.24, 2.45) is 11.8 Å². The smallest absolute Gasteiger partial charge is 0.223 e. The second-order valence-corrected chi connectivity index (χ2v) is 6.46. The summed E-state index contributed by atoms with van der Waals surface area (Å²) >= 11 is 0. The summed E-state index contributed by atoms with van der Waals surface area (Å²) in [5, 5.41) is 0. The third-order valence-electron chi connectivity index (χ3n) is 4.75. The Balaban J connectivity index is 1.69. The normalized spacial score (nSPS) is 20.9. The molecule has 0 aliphatic carbocycles. The molecule has 5 nitrogen and oxygen atoms in total.